The van der Waals surface area contributed by atoms with E-state index in [-0.39, 0.29) is 17.2 Å². The van der Waals surface area contributed by atoms with Crippen molar-refractivity contribution < 1.29 is 21.9 Å². The van der Waals surface area contributed by atoms with Gasteiger partial charge in [0.15, 0.2) is 0 Å². The van der Waals surface area contributed by atoms with Gasteiger partial charge in [0.25, 0.3) is 10.0 Å². The molecule has 0 radical (unpaired) electrons. The van der Waals surface area contributed by atoms with Crippen molar-refractivity contribution in [2.75, 3.05) is 11.8 Å². The lowest BCUT2D eigenvalue weighted by Gasteiger charge is -2.13. The first kappa shape index (κ1) is 16.2. The van der Waals surface area contributed by atoms with Crippen molar-refractivity contribution in [1.29, 1.82) is 0 Å². The Morgan fingerprint density at radius 1 is 1.18 bits per heavy atom. The van der Waals surface area contributed by atoms with Crippen molar-refractivity contribution in [3.63, 3.8) is 0 Å². The molecule has 0 fully saturated rings. The molecule has 0 amide bonds. The largest absolute Gasteiger partial charge is 0.495 e. The SMILES string of the molecule is COc1ccc(CN)cc1S(=O)(=O)Nc1c(F)cccc1F. The van der Waals surface area contributed by atoms with Crippen molar-refractivity contribution in [3.8, 4) is 5.75 Å². The van der Waals surface area contributed by atoms with E-state index in [9.17, 15) is 17.2 Å². The van der Waals surface area contributed by atoms with Gasteiger partial charge in [0, 0.05) is 6.54 Å². The van der Waals surface area contributed by atoms with E-state index >= 15 is 0 Å². The van der Waals surface area contributed by atoms with Crippen LogP contribution in [-0.4, -0.2) is 15.5 Å². The zero-order chi connectivity index (χ0) is 16.3. The number of para-hydroxylation sites is 1. The monoisotopic (exact) mass is 328 g/mol. The Morgan fingerprint density at radius 3 is 2.36 bits per heavy atom. The minimum Gasteiger partial charge on any atom is -0.495 e. The highest BCUT2D eigenvalue weighted by Crippen LogP contribution is 2.28. The summed E-state index contributed by atoms with van der Waals surface area (Å²) < 4.78 is 58.9. The Labute approximate surface area is 126 Å². The minimum atomic E-state index is -4.24. The van der Waals surface area contributed by atoms with Crippen molar-refractivity contribution in [3.05, 3.63) is 53.6 Å². The lowest BCUT2D eigenvalue weighted by Crippen LogP contribution is -2.16. The van der Waals surface area contributed by atoms with E-state index in [1.807, 2.05) is 4.72 Å². The summed E-state index contributed by atoms with van der Waals surface area (Å²) in [5, 5.41) is 0. The third kappa shape index (κ3) is 3.18. The van der Waals surface area contributed by atoms with E-state index < -0.39 is 27.3 Å². The number of nitrogens with one attached hydrogen (secondary N) is 1. The smallest absolute Gasteiger partial charge is 0.265 e. The van der Waals surface area contributed by atoms with Gasteiger partial charge < -0.3 is 10.5 Å². The fourth-order valence-corrected chi connectivity index (χ4v) is 3.14. The quantitative estimate of drug-likeness (QED) is 0.882. The second kappa shape index (κ2) is 6.29. The van der Waals surface area contributed by atoms with Crippen LogP contribution in [0.25, 0.3) is 0 Å². The molecular weight excluding hydrogens is 314 g/mol. The molecule has 0 unspecified atom stereocenters. The Hall–Kier alpha value is -2.19. The van der Waals surface area contributed by atoms with Crippen LogP contribution in [0.2, 0.25) is 0 Å². The second-order valence-electron chi connectivity index (χ2n) is 4.39. The number of methoxy groups -OCH3 is 1. The Balaban J connectivity index is 2.51. The lowest BCUT2D eigenvalue weighted by atomic mass is 10.2. The molecule has 0 saturated heterocycles. The van der Waals surface area contributed by atoms with Crippen LogP contribution in [0.15, 0.2) is 41.3 Å². The highest BCUT2D eigenvalue weighted by molar-refractivity contribution is 7.92. The summed E-state index contributed by atoms with van der Waals surface area (Å²) in [6.07, 6.45) is 0. The summed E-state index contributed by atoms with van der Waals surface area (Å²) in [5.74, 6) is -1.99. The molecule has 0 saturated carbocycles. The third-order valence-corrected chi connectivity index (χ3v) is 4.32. The molecule has 118 valence electrons. The fourth-order valence-electron chi connectivity index (χ4n) is 1.84. The number of hydrogen-bond acceptors (Lipinski definition) is 4. The molecule has 3 N–H and O–H groups in total. The van der Waals surface area contributed by atoms with Crippen molar-refractivity contribution in [2.24, 2.45) is 5.73 Å². The predicted octanol–water partition coefficient (Wildman–Crippen LogP) is 2.23. The van der Waals surface area contributed by atoms with Crippen molar-refractivity contribution in [2.45, 2.75) is 11.4 Å². The predicted molar refractivity (Wildman–Crippen MR) is 78.1 cm³/mol. The van der Waals surface area contributed by atoms with Gasteiger partial charge in [-0.05, 0) is 29.8 Å². The van der Waals surface area contributed by atoms with E-state index in [0.29, 0.717) is 5.56 Å². The average Bonchev–Trinajstić information content (AvgIpc) is 2.50. The summed E-state index contributed by atoms with van der Waals surface area (Å²) in [5.41, 5.74) is 5.27. The molecule has 2 aromatic rings. The van der Waals surface area contributed by atoms with Gasteiger partial charge in [0.1, 0.15) is 28.0 Å². The Bertz CT molecular complexity index is 774. The first-order valence-corrected chi connectivity index (χ1v) is 7.71. The summed E-state index contributed by atoms with van der Waals surface area (Å²) in [7, 11) is -2.95. The average molecular weight is 328 g/mol. The van der Waals surface area contributed by atoms with Crippen LogP contribution in [0.1, 0.15) is 5.56 Å². The molecule has 0 aliphatic heterocycles. The Morgan fingerprint density at radius 2 is 1.82 bits per heavy atom. The normalized spacial score (nSPS) is 11.3. The number of sulfonamides is 1. The molecule has 0 atom stereocenters. The number of anilines is 1. The molecule has 2 aromatic carbocycles. The Kier molecular flexibility index (Phi) is 4.62. The minimum absolute atomic E-state index is 0.0430. The zero-order valence-corrected chi connectivity index (χ0v) is 12.5. The highest BCUT2D eigenvalue weighted by atomic mass is 32.2. The van der Waals surface area contributed by atoms with Crippen LogP contribution in [0.5, 0.6) is 5.75 Å². The molecule has 8 heteroatoms. The topological polar surface area (TPSA) is 81.4 Å². The first-order valence-electron chi connectivity index (χ1n) is 6.23. The number of rotatable bonds is 5. The van der Waals surface area contributed by atoms with Gasteiger partial charge in [0.2, 0.25) is 0 Å². The molecule has 0 bridgehead atoms. The number of hydrogen-bond donors (Lipinski definition) is 2. The first-order chi connectivity index (χ1) is 10.4. The molecule has 0 aliphatic rings. The van der Waals surface area contributed by atoms with Crippen molar-refractivity contribution >= 4 is 15.7 Å². The summed E-state index contributed by atoms with van der Waals surface area (Å²) >= 11 is 0. The molecule has 5 nitrogen and oxygen atoms in total. The van der Waals surface area contributed by atoms with E-state index in [1.54, 1.807) is 6.07 Å². The van der Waals surface area contributed by atoms with E-state index in [4.69, 9.17) is 10.5 Å². The van der Waals surface area contributed by atoms with E-state index in [0.717, 1.165) is 18.2 Å². The van der Waals surface area contributed by atoms with Gasteiger partial charge >= 0.3 is 0 Å². The maximum atomic E-state index is 13.6. The van der Waals surface area contributed by atoms with Crippen LogP contribution >= 0.6 is 0 Å². The molecule has 0 aromatic heterocycles. The molecule has 0 heterocycles. The van der Waals surface area contributed by atoms with Crippen molar-refractivity contribution in [1.82, 2.24) is 0 Å². The number of benzene rings is 2. The van der Waals surface area contributed by atoms with Crippen LogP contribution in [0, 0.1) is 11.6 Å². The summed E-state index contributed by atoms with van der Waals surface area (Å²) in [6.45, 7) is 0.112. The highest BCUT2D eigenvalue weighted by Gasteiger charge is 2.23. The van der Waals surface area contributed by atoms with Gasteiger partial charge in [-0.25, -0.2) is 17.2 Å². The molecular formula is C14H14F2N2O3S. The third-order valence-electron chi connectivity index (χ3n) is 2.95. The molecule has 0 aliphatic carbocycles. The van der Waals surface area contributed by atoms with Gasteiger partial charge in [-0.15, -0.1) is 0 Å². The number of ether oxygens (including phenoxy) is 1. The van der Waals surface area contributed by atoms with Crippen LogP contribution in [0.4, 0.5) is 14.5 Å². The molecule has 0 spiro atoms. The van der Waals surface area contributed by atoms with E-state index in [2.05, 4.69) is 0 Å². The molecule has 22 heavy (non-hydrogen) atoms. The summed E-state index contributed by atoms with van der Waals surface area (Å²) in [6, 6.07) is 7.36. The maximum absolute atomic E-state index is 13.6. The second-order valence-corrected chi connectivity index (χ2v) is 6.04. The molecule has 2 rings (SSSR count). The van der Waals surface area contributed by atoms with Gasteiger partial charge in [0.05, 0.1) is 7.11 Å². The van der Waals surface area contributed by atoms with Gasteiger partial charge in [-0.2, -0.15) is 0 Å². The maximum Gasteiger partial charge on any atom is 0.265 e. The standard InChI is InChI=1S/C14H14F2N2O3S/c1-21-12-6-5-9(8-17)7-13(12)22(19,20)18-14-10(15)3-2-4-11(14)16/h2-7,18H,8,17H2,1H3. The van der Waals surface area contributed by atoms with Crippen LogP contribution < -0.4 is 15.2 Å². The van der Waals surface area contributed by atoms with Crippen LogP contribution in [-0.2, 0) is 16.6 Å². The van der Waals surface area contributed by atoms with E-state index in [1.165, 1.54) is 19.2 Å². The fraction of sp³-hybridized carbons (Fsp3) is 0.143. The van der Waals surface area contributed by atoms with Gasteiger partial charge in [-0.3, -0.25) is 4.72 Å². The zero-order valence-electron chi connectivity index (χ0n) is 11.6. The lowest BCUT2D eigenvalue weighted by molar-refractivity contribution is 0.402. The van der Waals surface area contributed by atoms with Crippen LogP contribution in [0.3, 0.4) is 0 Å². The van der Waals surface area contributed by atoms with Gasteiger partial charge in [-0.1, -0.05) is 12.1 Å². The summed E-state index contributed by atoms with van der Waals surface area (Å²) in [4.78, 5) is -0.249. The number of nitrogens with two attached hydrogens (primary N) is 1. The number of halogens is 2.